The Balaban J connectivity index is 1.83. The van der Waals surface area contributed by atoms with Crippen molar-refractivity contribution >= 4 is 23.2 Å². The molecule has 0 radical (unpaired) electrons. The number of carbonyl (C=O) groups is 2. The van der Waals surface area contributed by atoms with Crippen molar-refractivity contribution in [1.29, 1.82) is 0 Å². The van der Waals surface area contributed by atoms with E-state index in [4.69, 9.17) is 0 Å². The summed E-state index contributed by atoms with van der Waals surface area (Å²) in [6.45, 7) is 3.29. The number of piperazine rings is 1. The lowest BCUT2D eigenvalue weighted by Crippen LogP contribution is -2.50. The highest BCUT2D eigenvalue weighted by Crippen LogP contribution is 2.11. The van der Waals surface area contributed by atoms with E-state index < -0.39 is 0 Å². The number of nitrogens with one attached hydrogen (secondary N) is 1. The molecule has 18 heavy (non-hydrogen) atoms. The average Bonchev–Trinajstić information content (AvgIpc) is 2.92. The molecule has 1 N–H and O–H groups in total. The molecule has 5 nitrogen and oxygen atoms in total. The summed E-state index contributed by atoms with van der Waals surface area (Å²) >= 11 is 1.53. The van der Waals surface area contributed by atoms with Crippen LogP contribution in [0.2, 0.25) is 0 Å². The second-order valence-electron chi connectivity index (χ2n) is 4.25. The molecule has 2 amide bonds. The van der Waals surface area contributed by atoms with Gasteiger partial charge in [-0.05, 0) is 11.4 Å². The maximum atomic E-state index is 12.1. The summed E-state index contributed by atoms with van der Waals surface area (Å²) in [5.74, 6) is 0.114. The Morgan fingerprint density at radius 3 is 2.61 bits per heavy atom. The van der Waals surface area contributed by atoms with Crippen LogP contribution in [0, 0.1) is 0 Å². The second kappa shape index (κ2) is 5.97. The Bertz CT molecular complexity index is 411. The van der Waals surface area contributed by atoms with Crippen LogP contribution in [0.4, 0.5) is 0 Å². The third-order valence-corrected chi connectivity index (χ3v) is 3.76. The van der Waals surface area contributed by atoms with Gasteiger partial charge in [0.25, 0.3) is 5.91 Å². The smallest absolute Gasteiger partial charge is 0.254 e. The van der Waals surface area contributed by atoms with Gasteiger partial charge >= 0.3 is 0 Å². The predicted octanol–water partition coefficient (Wildman–Crippen LogP) is 0.252. The van der Waals surface area contributed by atoms with E-state index in [1.54, 1.807) is 7.05 Å². The van der Waals surface area contributed by atoms with Gasteiger partial charge in [-0.2, -0.15) is 11.3 Å². The molecule has 0 unspecified atom stereocenters. The Hall–Kier alpha value is -1.40. The fraction of sp³-hybridized carbons (Fsp3) is 0.500. The zero-order chi connectivity index (χ0) is 13.0. The van der Waals surface area contributed by atoms with Crippen LogP contribution in [0.15, 0.2) is 16.8 Å². The molecular formula is C12H17N3O2S. The van der Waals surface area contributed by atoms with Gasteiger partial charge < -0.3 is 10.2 Å². The summed E-state index contributed by atoms with van der Waals surface area (Å²) in [4.78, 5) is 27.2. The molecule has 0 spiro atoms. The zero-order valence-electron chi connectivity index (χ0n) is 10.4. The van der Waals surface area contributed by atoms with Crippen molar-refractivity contribution in [3.8, 4) is 0 Å². The number of hydrogen-bond acceptors (Lipinski definition) is 4. The van der Waals surface area contributed by atoms with E-state index in [0.29, 0.717) is 19.6 Å². The van der Waals surface area contributed by atoms with Gasteiger partial charge in [-0.1, -0.05) is 0 Å². The van der Waals surface area contributed by atoms with Crippen LogP contribution in [0.25, 0.3) is 0 Å². The van der Waals surface area contributed by atoms with Crippen LogP contribution in [0.5, 0.6) is 0 Å². The third-order valence-electron chi connectivity index (χ3n) is 3.07. The van der Waals surface area contributed by atoms with Crippen molar-refractivity contribution < 1.29 is 9.59 Å². The van der Waals surface area contributed by atoms with Crippen molar-refractivity contribution in [2.45, 2.75) is 0 Å². The normalized spacial score (nSPS) is 16.6. The van der Waals surface area contributed by atoms with E-state index in [0.717, 1.165) is 18.7 Å². The number of carbonyl (C=O) groups excluding carboxylic acids is 2. The van der Waals surface area contributed by atoms with E-state index in [1.165, 1.54) is 11.3 Å². The number of rotatable bonds is 3. The quantitative estimate of drug-likeness (QED) is 0.854. The topological polar surface area (TPSA) is 52.7 Å². The van der Waals surface area contributed by atoms with Crippen molar-refractivity contribution in [1.82, 2.24) is 15.1 Å². The van der Waals surface area contributed by atoms with Crippen molar-refractivity contribution in [2.75, 3.05) is 39.8 Å². The molecule has 1 aromatic rings. The zero-order valence-corrected chi connectivity index (χ0v) is 11.2. The van der Waals surface area contributed by atoms with E-state index >= 15 is 0 Å². The summed E-state index contributed by atoms with van der Waals surface area (Å²) in [6, 6.07) is 1.85. The molecule has 0 aromatic carbocycles. The van der Waals surface area contributed by atoms with Gasteiger partial charge in [0.15, 0.2) is 0 Å². The first-order valence-electron chi connectivity index (χ1n) is 5.95. The van der Waals surface area contributed by atoms with Crippen LogP contribution in [0.3, 0.4) is 0 Å². The molecule has 6 heteroatoms. The molecule has 1 saturated heterocycles. The molecule has 2 rings (SSSR count). The lowest BCUT2D eigenvalue weighted by atomic mass is 10.2. The highest BCUT2D eigenvalue weighted by Gasteiger charge is 2.23. The second-order valence-corrected chi connectivity index (χ2v) is 5.03. The molecule has 1 aromatic heterocycles. The Morgan fingerprint density at radius 2 is 2.06 bits per heavy atom. The fourth-order valence-electron chi connectivity index (χ4n) is 1.96. The average molecular weight is 267 g/mol. The standard InChI is InChI=1S/C12H17N3O2S/c1-13-11(16)8-14-3-5-15(6-4-14)12(17)10-2-7-18-9-10/h2,7,9H,3-6,8H2,1H3,(H,13,16). The molecule has 1 aliphatic rings. The SMILES string of the molecule is CNC(=O)CN1CCN(C(=O)c2ccsc2)CC1. The van der Waals surface area contributed by atoms with Gasteiger partial charge in [-0.25, -0.2) is 0 Å². The molecule has 0 atom stereocenters. The van der Waals surface area contributed by atoms with E-state index in [2.05, 4.69) is 10.2 Å². The highest BCUT2D eigenvalue weighted by atomic mass is 32.1. The summed E-state index contributed by atoms with van der Waals surface area (Å²) in [6.07, 6.45) is 0. The largest absolute Gasteiger partial charge is 0.358 e. The van der Waals surface area contributed by atoms with Crippen molar-refractivity contribution in [3.63, 3.8) is 0 Å². The molecule has 0 aliphatic carbocycles. The van der Waals surface area contributed by atoms with Crippen molar-refractivity contribution in [2.24, 2.45) is 0 Å². The summed E-state index contributed by atoms with van der Waals surface area (Å²) in [5.41, 5.74) is 0.764. The first kappa shape index (κ1) is 13.0. The lowest BCUT2D eigenvalue weighted by molar-refractivity contribution is -0.122. The molecular weight excluding hydrogens is 250 g/mol. The molecule has 0 saturated carbocycles. The van der Waals surface area contributed by atoms with Gasteiger partial charge in [-0.3, -0.25) is 14.5 Å². The molecule has 1 aliphatic heterocycles. The van der Waals surface area contributed by atoms with Crippen LogP contribution in [0.1, 0.15) is 10.4 Å². The van der Waals surface area contributed by atoms with Crippen molar-refractivity contribution in [3.05, 3.63) is 22.4 Å². The monoisotopic (exact) mass is 267 g/mol. The van der Waals surface area contributed by atoms with Gasteiger partial charge in [0.1, 0.15) is 0 Å². The van der Waals surface area contributed by atoms with E-state index in [-0.39, 0.29) is 11.8 Å². The number of amides is 2. The highest BCUT2D eigenvalue weighted by molar-refractivity contribution is 7.08. The molecule has 1 fully saturated rings. The minimum Gasteiger partial charge on any atom is -0.358 e. The first-order chi connectivity index (χ1) is 8.70. The first-order valence-corrected chi connectivity index (χ1v) is 6.89. The minimum atomic E-state index is 0.0209. The number of thiophene rings is 1. The van der Waals surface area contributed by atoms with E-state index in [1.807, 2.05) is 21.7 Å². The summed E-state index contributed by atoms with van der Waals surface area (Å²) in [5, 5.41) is 6.39. The number of hydrogen-bond donors (Lipinski definition) is 1. The summed E-state index contributed by atoms with van der Waals surface area (Å²) < 4.78 is 0. The molecule has 98 valence electrons. The minimum absolute atomic E-state index is 0.0209. The molecule has 0 bridgehead atoms. The number of likely N-dealkylation sites (N-methyl/N-ethyl adjacent to an activating group) is 1. The fourth-order valence-corrected chi connectivity index (χ4v) is 2.59. The van der Waals surface area contributed by atoms with Crippen LogP contribution < -0.4 is 5.32 Å². The Morgan fingerprint density at radius 1 is 1.33 bits per heavy atom. The van der Waals surface area contributed by atoms with Crippen LogP contribution in [-0.2, 0) is 4.79 Å². The maximum Gasteiger partial charge on any atom is 0.254 e. The van der Waals surface area contributed by atoms with Crippen LogP contribution >= 0.6 is 11.3 Å². The summed E-state index contributed by atoms with van der Waals surface area (Å²) in [7, 11) is 1.64. The predicted molar refractivity (Wildman–Crippen MR) is 70.7 cm³/mol. The van der Waals surface area contributed by atoms with Gasteiger partial charge in [0, 0.05) is 38.6 Å². The van der Waals surface area contributed by atoms with E-state index in [9.17, 15) is 9.59 Å². The van der Waals surface area contributed by atoms with Gasteiger partial charge in [0.2, 0.25) is 5.91 Å². The Labute approximate surface area is 110 Å². The van der Waals surface area contributed by atoms with Crippen LogP contribution in [-0.4, -0.2) is 61.4 Å². The Kier molecular flexibility index (Phi) is 4.33. The van der Waals surface area contributed by atoms with Gasteiger partial charge in [-0.15, -0.1) is 0 Å². The third kappa shape index (κ3) is 3.08. The maximum absolute atomic E-state index is 12.1. The lowest BCUT2D eigenvalue weighted by Gasteiger charge is -2.34. The number of nitrogens with zero attached hydrogens (tertiary/aromatic N) is 2. The van der Waals surface area contributed by atoms with Gasteiger partial charge in [0.05, 0.1) is 12.1 Å². The molecule has 2 heterocycles.